The summed E-state index contributed by atoms with van der Waals surface area (Å²) in [5.74, 6) is -0.671. The molecule has 146 valence electrons. The lowest BCUT2D eigenvalue weighted by molar-refractivity contribution is -0.116. The van der Waals surface area contributed by atoms with Gasteiger partial charge in [0.25, 0.3) is 5.91 Å². The van der Waals surface area contributed by atoms with Gasteiger partial charge in [0.15, 0.2) is 5.69 Å². The largest absolute Gasteiger partial charge is 0.326 e. The van der Waals surface area contributed by atoms with E-state index in [9.17, 15) is 14.0 Å². The fourth-order valence-electron chi connectivity index (χ4n) is 4.09. The van der Waals surface area contributed by atoms with Crippen LogP contribution in [0.2, 0.25) is 0 Å². The molecule has 1 aliphatic carbocycles. The summed E-state index contributed by atoms with van der Waals surface area (Å²) in [6.45, 7) is 0. The number of rotatable bonds is 3. The molecule has 29 heavy (non-hydrogen) atoms. The zero-order valence-corrected chi connectivity index (χ0v) is 15.7. The van der Waals surface area contributed by atoms with E-state index in [1.807, 2.05) is 6.07 Å². The Morgan fingerprint density at radius 1 is 1.10 bits per heavy atom. The Kier molecular flexibility index (Phi) is 4.16. The quantitative estimate of drug-likeness (QED) is 0.717. The molecule has 6 nitrogen and oxygen atoms in total. The number of carbonyl (C=O) groups excluding carboxylic acids is 2. The third-order valence-corrected chi connectivity index (χ3v) is 5.48. The van der Waals surface area contributed by atoms with Crippen molar-refractivity contribution in [2.75, 3.05) is 10.6 Å². The fourth-order valence-corrected chi connectivity index (χ4v) is 4.09. The van der Waals surface area contributed by atoms with Crippen LogP contribution in [-0.2, 0) is 24.1 Å². The van der Waals surface area contributed by atoms with Crippen molar-refractivity contribution in [3.8, 4) is 5.69 Å². The first-order valence-corrected chi connectivity index (χ1v) is 9.70. The van der Waals surface area contributed by atoms with E-state index in [1.165, 1.54) is 6.07 Å². The van der Waals surface area contributed by atoms with Gasteiger partial charge < -0.3 is 10.6 Å². The van der Waals surface area contributed by atoms with Crippen LogP contribution in [0.5, 0.6) is 0 Å². The number of nitrogens with one attached hydrogen (secondary N) is 2. The number of carbonyl (C=O) groups is 2. The third-order valence-electron chi connectivity index (χ3n) is 5.48. The van der Waals surface area contributed by atoms with E-state index >= 15 is 0 Å². The highest BCUT2D eigenvalue weighted by atomic mass is 19.1. The van der Waals surface area contributed by atoms with Gasteiger partial charge in [0.1, 0.15) is 11.5 Å². The molecule has 0 saturated carbocycles. The number of fused-ring (bicyclic) bond motifs is 2. The van der Waals surface area contributed by atoms with Crippen LogP contribution in [0.1, 0.15) is 40.2 Å². The highest BCUT2D eigenvalue weighted by Gasteiger charge is 2.28. The predicted octanol–water partition coefficient (Wildman–Crippen LogP) is 3.64. The van der Waals surface area contributed by atoms with Crippen molar-refractivity contribution in [2.45, 2.75) is 32.1 Å². The Morgan fingerprint density at radius 2 is 1.97 bits per heavy atom. The molecular weight excluding hydrogens is 371 g/mol. The molecule has 2 heterocycles. The minimum atomic E-state index is -0.367. The molecule has 2 N–H and O–H groups in total. The number of aryl methyl sites for hydroxylation is 1. The topological polar surface area (TPSA) is 76.0 Å². The van der Waals surface area contributed by atoms with Crippen LogP contribution >= 0.6 is 0 Å². The number of aromatic nitrogens is 2. The molecular formula is C22H19FN4O2. The molecule has 0 spiro atoms. The minimum Gasteiger partial charge on any atom is -0.326 e. The van der Waals surface area contributed by atoms with E-state index in [1.54, 1.807) is 35.0 Å². The minimum absolute atomic E-state index is 0.00327. The van der Waals surface area contributed by atoms with Crippen LogP contribution in [0.3, 0.4) is 0 Å². The van der Waals surface area contributed by atoms with Crippen molar-refractivity contribution < 1.29 is 14.0 Å². The smallest absolute Gasteiger partial charge is 0.276 e. The lowest BCUT2D eigenvalue weighted by Gasteiger charge is -2.17. The molecule has 0 saturated heterocycles. The molecule has 0 bridgehead atoms. The molecule has 7 heteroatoms. The molecule has 1 aliphatic heterocycles. The summed E-state index contributed by atoms with van der Waals surface area (Å²) in [5.41, 5.74) is 4.90. The van der Waals surface area contributed by atoms with Crippen LogP contribution < -0.4 is 10.6 Å². The Labute approximate surface area is 166 Å². The van der Waals surface area contributed by atoms with Crippen LogP contribution in [0.15, 0.2) is 42.5 Å². The van der Waals surface area contributed by atoms with E-state index in [0.29, 0.717) is 29.9 Å². The number of amides is 2. The van der Waals surface area contributed by atoms with Crippen LogP contribution in [0.4, 0.5) is 15.8 Å². The summed E-state index contributed by atoms with van der Waals surface area (Å²) >= 11 is 0. The Balaban J connectivity index is 1.46. The SMILES string of the molecule is O=C1CCc2cc(NC(=O)c3nn(-c4ccccc4F)c4c3CCC4)ccc2N1. The van der Waals surface area contributed by atoms with Gasteiger partial charge in [0.05, 0.1) is 0 Å². The summed E-state index contributed by atoms with van der Waals surface area (Å²) in [7, 11) is 0. The summed E-state index contributed by atoms with van der Waals surface area (Å²) < 4.78 is 15.9. The van der Waals surface area contributed by atoms with Crippen LogP contribution in [0.25, 0.3) is 5.69 Å². The number of halogens is 1. The molecule has 0 atom stereocenters. The van der Waals surface area contributed by atoms with Gasteiger partial charge in [0, 0.05) is 29.1 Å². The zero-order valence-electron chi connectivity index (χ0n) is 15.7. The monoisotopic (exact) mass is 390 g/mol. The molecule has 0 unspecified atom stereocenters. The van der Waals surface area contributed by atoms with Gasteiger partial charge in [-0.15, -0.1) is 0 Å². The lowest BCUT2D eigenvalue weighted by Crippen LogP contribution is -2.20. The van der Waals surface area contributed by atoms with E-state index in [4.69, 9.17) is 0 Å². The summed E-state index contributed by atoms with van der Waals surface area (Å²) in [6, 6.07) is 11.9. The molecule has 5 rings (SSSR count). The van der Waals surface area contributed by atoms with Gasteiger partial charge >= 0.3 is 0 Å². The number of nitrogens with zero attached hydrogens (tertiary/aromatic N) is 2. The second-order valence-corrected chi connectivity index (χ2v) is 7.36. The van der Waals surface area contributed by atoms with Gasteiger partial charge in [0.2, 0.25) is 5.91 Å². The number of hydrogen-bond donors (Lipinski definition) is 2. The molecule has 2 aromatic carbocycles. The van der Waals surface area contributed by atoms with Crippen LogP contribution in [-0.4, -0.2) is 21.6 Å². The van der Waals surface area contributed by atoms with E-state index in [2.05, 4.69) is 15.7 Å². The maximum absolute atomic E-state index is 14.3. The zero-order chi connectivity index (χ0) is 20.0. The Morgan fingerprint density at radius 3 is 2.83 bits per heavy atom. The highest BCUT2D eigenvalue weighted by molar-refractivity contribution is 6.04. The number of anilines is 2. The first-order valence-electron chi connectivity index (χ1n) is 9.70. The maximum atomic E-state index is 14.3. The molecule has 3 aromatic rings. The highest BCUT2D eigenvalue weighted by Crippen LogP contribution is 2.30. The van der Waals surface area contributed by atoms with E-state index < -0.39 is 0 Å². The van der Waals surface area contributed by atoms with Gasteiger partial charge in [-0.3, -0.25) is 9.59 Å². The van der Waals surface area contributed by atoms with Crippen LogP contribution in [0, 0.1) is 5.82 Å². The average Bonchev–Trinajstić information content (AvgIpc) is 3.31. The van der Waals surface area contributed by atoms with Gasteiger partial charge in [-0.2, -0.15) is 5.10 Å². The third kappa shape index (κ3) is 3.08. The normalized spacial score (nSPS) is 14.9. The van der Waals surface area contributed by atoms with Crippen molar-refractivity contribution in [3.05, 3.63) is 70.8 Å². The summed E-state index contributed by atoms with van der Waals surface area (Å²) in [4.78, 5) is 24.5. The summed E-state index contributed by atoms with van der Waals surface area (Å²) in [5, 5.41) is 10.2. The molecule has 2 aliphatic rings. The molecule has 1 aromatic heterocycles. The number of para-hydroxylation sites is 1. The Hall–Kier alpha value is -3.48. The fraction of sp³-hybridized carbons (Fsp3) is 0.227. The maximum Gasteiger partial charge on any atom is 0.276 e. The number of hydrogen-bond acceptors (Lipinski definition) is 3. The second kappa shape index (κ2) is 6.84. The van der Waals surface area contributed by atoms with Gasteiger partial charge in [-0.25, -0.2) is 9.07 Å². The Bertz CT molecular complexity index is 1150. The lowest BCUT2D eigenvalue weighted by atomic mass is 10.0. The van der Waals surface area contributed by atoms with Gasteiger partial charge in [-0.1, -0.05) is 12.1 Å². The predicted molar refractivity (Wildman–Crippen MR) is 107 cm³/mol. The number of benzene rings is 2. The van der Waals surface area contributed by atoms with Gasteiger partial charge in [-0.05, 0) is 61.6 Å². The van der Waals surface area contributed by atoms with E-state index in [0.717, 1.165) is 41.8 Å². The first-order chi connectivity index (χ1) is 14.1. The van der Waals surface area contributed by atoms with Crippen molar-refractivity contribution >= 4 is 23.2 Å². The average molecular weight is 390 g/mol. The molecule has 2 amide bonds. The van der Waals surface area contributed by atoms with Crippen molar-refractivity contribution in [1.82, 2.24) is 9.78 Å². The standard InChI is InChI=1S/C22H19FN4O2/c23-16-5-1-2-6-19(16)27-18-7-3-4-15(18)21(26-27)22(29)24-14-9-10-17-13(12-14)8-11-20(28)25-17/h1-2,5-6,9-10,12H,3-4,7-8,11H2,(H,24,29)(H,25,28). The second-order valence-electron chi connectivity index (χ2n) is 7.36. The van der Waals surface area contributed by atoms with E-state index in [-0.39, 0.29) is 17.6 Å². The van der Waals surface area contributed by atoms with Crippen molar-refractivity contribution in [3.63, 3.8) is 0 Å². The summed E-state index contributed by atoms with van der Waals surface area (Å²) in [6.07, 6.45) is 3.51. The van der Waals surface area contributed by atoms with Crippen molar-refractivity contribution in [2.24, 2.45) is 0 Å². The first kappa shape index (κ1) is 17.6. The molecule has 0 fully saturated rings. The molecule has 0 radical (unpaired) electrons. The van der Waals surface area contributed by atoms with Crippen molar-refractivity contribution in [1.29, 1.82) is 0 Å².